The van der Waals surface area contributed by atoms with Crippen LogP contribution in [0.1, 0.15) is 76.0 Å². The van der Waals surface area contributed by atoms with Gasteiger partial charge in [-0.3, -0.25) is 0 Å². The molecular weight excluding hydrogens is 469 g/mol. The van der Waals surface area contributed by atoms with Crippen molar-refractivity contribution in [3.8, 4) is 0 Å². The van der Waals surface area contributed by atoms with Crippen molar-refractivity contribution in [1.29, 1.82) is 0 Å². The minimum Gasteiger partial charge on any atom is -0.359 e. The van der Waals surface area contributed by atoms with Gasteiger partial charge in [-0.1, -0.05) is 32.9 Å². The number of nitrogens with zero attached hydrogens (tertiary/aromatic N) is 5. The van der Waals surface area contributed by atoms with Gasteiger partial charge in [0.15, 0.2) is 17.5 Å². The SMILES string of the molecule is CCNC(=NCc1cc(C(C)C)no1)NC1CCc2nc(C(C)C)nn2C1.I. The number of fused-ring (bicyclic) bond motifs is 1. The lowest BCUT2D eigenvalue weighted by atomic mass is 10.1. The van der Waals surface area contributed by atoms with Crippen LogP contribution in [-0.2, 0) is 19.5 Å². The fourth-order valence-electron chi connectivity index (χ4n) is 3.04. The number of halogens is 1. The molecule has 0 saturated heterocycles. The van der Waals surface area contributed by atoms with Gasteiger partial charge in [0, 0.05) is 31.0 Å². The molecule has 28 heavy (non-hydrogen) atoms. The minimum absolute atomic E-state index is 0. The van der Waals surface area contributed by atoms with Gasteiger partial charge in [-0.05, 0) is 19.3 Å². The second kappa shape index (κ2) is 10.2. The summed E-state index contributed by atoms with van der Waals surface area (Å²) in [5.41, 5.74) is 0.963. The number of hydrogen-bond acceptors (Lipinski definition) is 5. The molecule has 2 aromatic heterocycles. The zero-order chi connectivity index (χ0) is 19.4. The highest BCUT2D eigenvalue weighted by Crippen LogP contribution is 2.17. The third-order valence-corrected chi connectivity index (χ3v) is 4.64. The molecule has 0 spiro atoms. The largest absolute Gasteiger partial charge is 0.359 e. The molecule has 1 aliphatic heterocycles. The summed E-state index contributed by atoms with van der Waals surface area (Å²) in [7, 11) is 0. The fraction of sp³-hybridized carbons (Fsp3) is 0.684. The highest BCUT2D eigenvalue weighted by atomic mass is 127. The molecule has 1 atom stereocenters. The summed E-state index contributed by atoms with van der Waals surface area (Å²) in [6.45, 7) is 12.6. The van der Waals surface area contributed by atoms with Gasteiger partial charge in [0.2, 0.25) is 0 Å². The zero-order valence-corrected chi connectivity index (χ0v) is 19.7. The maximum absolute atomic E-state index is 5.38. The quantitative estimate of drug-likeness (QED) is 0.359. The van der Waals surface area contributed by atoms with E-state index in [2.05, 4.69) is 65.5 Å². The van der Waals surface area contributed by atoms with Gasteiger partial charge in [-0.2, -0.15) is 5.10 Å². The van der Waals surface area contributed by atoms with Crippen LogP contribution < -0.4 is 10.6 Å². The van der Waals surface area contributed by atoms with E-state index in [-0.39, 0.29) is 30.0 Å². The van der Waals surface area contributed by atoms with Crippen LogP contribution in [0.5, 0.6) is 0 Å². The van der Waals surface area contributed by atoms with Crippen molar-refractivity contribution in [2.45, 2.75) is 78.4 Å². The Balaban J connectivity index is 0.00000280. The summed E-state index contributed by atoms with van der Waals surface area (Å²) in [4.78, 5) is 9.31. The van der Waals surface area contributed by atoms with Crippen LogP contribution in [0.2, 0.25) is 0 Å². The summed E-state index contributed by atoms with van der Waals surface area (Å²) >= 11 is 0. The molecule has 0 saturated carbocycles. The van der Waals surface area contributed by atoms with Crippen molar-refractivity contribution >= 4 is 29.9 Å². The summed E-state index contributed by atoms with van der Waals surface area (Å²) in [6, 6.07) is 2.26. The number of guanidine groups is 1. The Bertz CT molecular complexity index is 781. The standard InChI is InChI=1S/C19H31N7O.HI/c1-6-20-19(21-10-15-9-16(12(2)3)25-27-15)22-14-7-8-17-23-18(13(4)5)24-26(17)11-14;/h9,12-14H,6-8,10-11H2,1-5H3,(H2,20,21,22);1H. The van der Waals surface area contributed by atoms with Crippen LogP contribution in [0.15, 0.2) is 15.6 Å². The van der Waals surface area contributed by atoms with Crippen molar-refractivity contribution < 1.29 is 4.52 Å². The Morgan fingerprint density at radius 2 is 2.11 bits per heavy atom. The van der Waals surface area contributed by atoms with E-state index in [4.69, 9.17) is 4.52 Å². The van der Waals surface area contributed by atoms with Gasteiger partial charge in [-0.15, -0.1) is 24.0 Å². The van der Waals surface area contributed by atoms with E-state index in [1.165, 1.54) is 0 Å². The number of hydrogen-bond donors (Lipinski definition) is 2. The van der Waals surface area contributed by atoms with Crippen molar-refractivity contribution in [1.82, 2.24) is 30.6 Å². The second-order valence-corrected chi connectivity index (χ2v) is 7.67. The van der Waals surface area contributed by atoms with Crippen LogP contribution in [0.25, 0.3) is 0 Å². The number of aryl methyl sites for hydroxylation is 1. The van der Waals surface area contributed by atoms with Crippen LogP contribution >= 0.6 is 24.0 Å². The molecule has 0 bridgehead atoms. The normalized spacial score (nSPS) is 16.8. The highest BCUT2D eigenvalue weighted by molar-refractivity contribution is 14.0. The van der Waals surface area contributed by atoms with E-state index in [0.717, 1.165) is 55.0 Å². The summed E-state index contributed by atoms with van der Waals surface area (Å²) < 4.78 is 7.41. The predicted octanol–water partition coefficient (Wildman–Crippen LogP) is 3.20. The first-order valence-corrected chi connectivity index (χ1v) is 9.90. The summed E-state index contributed by atoms with van der Waals surface area (Å²) in [6.07, 6.45) is 1.94. The number of nitrogens with one attached hydrogen (secondary N) is 2. The number of aliphatic imine (C=N–C) groups is 1. The topological polar surface area (TPSA) is 93.2 Å². The number of aromatic nitrogens is 4. The van der Waals surface area contributed by atoms with Crippen LogP contribution in [0, 0.1) is 0 Å². The average Bonchev–Trinajstić information content (AvgIpc) is 3.26. The van der Waals surface area contributed by atoms with Crippen molar-refractivity contribution in [3.05, 3.63) is 29.2 Å². The van der Waals surface area contributed by atoms with Gasteiger partial charge in [0.1, 0.15) is 12.4 Å². The Morgan fingerprint density at radius 3 is 2.75 bits per heavy atom. The molecule has 2 N–H and O–H groups in total. The van der Waals surface area contributed by atoms with Gasteiger partial charge >= 0.3 is 0 Å². The van der Waals surface area contributed by atoms with E-state index in [1.54, 1.807) is 0 Å². The molecule has 8 nitrogen and oxygen atoms in total. The van der Waals surface area contributed by atoms with Crippen LogP contribution in [0.3, 0.4) is 0 Å². The maximum Gasteiger partial charge on any atom is 0.191 e. The van der Waals surface area contributed by atoms with E-state index < -0.39 is 0 Å². The summed E-state index contributed by atoms with van der Waals surface area (Å²) in [5.74, 6) is 4.29. The van der Waals surface area contributed by atoms with E-state index >= 15 is 0 Å². The summed E-state index contributed by atoms with van der Waals surface area (Å²) in [5, 5.41) is 15.6. The second-order valence-electron chi connectivity index (χ2n) is 7.67. The van der Waals surface area contributed by atoms with E-state index in [0.29, 0.717) is 18.4 Å². The first kappa shape index (κ1) is 22.6. The number of rotatable bonds is 6. The Labute approximate surface area is 184 Å². The smallest absolute Gasteiger partial charge is 0.191 e. The molecule has 1 unspecified atom stereocenters. The molecule has 0 aliphatic carbocycles. The molecule has 3 rings (SSSR count). The van der Waals surface area contributed by atoms with Gasteiger partial charge in [0.25, 0.3) is 0 Å². The molecule has 3 heterocycles. The van der Waals surface area contributed by atoms with E-state index in [9.17, 15) is 0 Å². The molecule has 0 radical (unpaired) electrons. The lowest BCUT2D eigenvalue weighted by Crippen LogP contribution is -2.47. The fourth-order valence-corrected chi connectivity index (χ4v) is 3.04. The maximum atomic E-state index is 5.38. The van der Waals surface area contributed by atoms with Gasteiger partial charge < -0.3 is 15.2 Å². The molecule has 1 aliphatic rings. The molecular formula is C19H32IN7O. The molecule has 0 fully saturated rings. The van der Waals surface area contributed by atoms with Crippen molar-refractivity contribution in [2.75, 3.05) is 6.54 Å². The molecule has 2 aromatic rings. The first-order chi connectivity index (χ1) is 13.0. The van der Waals surface area contributed by atoms with Crippen LogP contribution in [0.4, 0.5) is 0 Å². The molecule has 156 valence electrons. The molecule has 0 aromatic carbocycles. The van der Waals surface area contributed by atoms with Crippen molar-refractivity contribution in [2.24, 2.45) is 4.99 Å². The van der Waals surface area contributed by atoms with Crippen LogP contribution in [-0.4, -0.2) is 38.5 Å². The Hall–Kier alpha value is -1.65. The molecule has 9 heteroatoms. The van der Waals surface area contributed by atoms with E-state index in [1.807, 2.05) is 10.7 Å². The molecule has 0 amide bonds. The highest BCUT2D eigenvalue weighted by Gasteiger charge is 2.23. The van der Waals surface area contributed by atoms with Gasteiger partial charge in [-0.25, -0.2) is 14.7 Å². The zero-order valence-electron chi connectivity index (χ0n) is 17.4. The predicted molar refractivity (Wildman–Crippen MR) is 120 cm³/mol. The third kappa shape index (κ3) is 5.68. The van der Waals surface area contributed by atoms with Gasteiger partial charge in [0.05, 0.1) is 12.2 Å². The monoisotopic (exact) mass is 501 g/mol. The lowest BCUT2D eigenvalue weighted by molar-refractivity contribution is 0.375. The third-order valence-electron chi connectivity index (χ3n) is 4.64. The average molecular weight is 501 g/mol. The Morgan fingerprint density at radius 1 is 1.32 bits per heavy atom. The first-order valence-electron chi connectivity index (χ1n) is 9.90. The van der Waals surface area contributed by atoms with Crippen molar-refractivity contribution in [3.63, 3.8) is 0 Å². The lowest BCUT2D eigenvalue weighted by Gasteiger charge is -2.25. The minimum atomic E-state index is 0. The Kier molecular flexibility index (Phi) is 8.26.